The van der Waals surface area contributed by atoms with Crippen LogP contribution in [0.5, 0.6) is 0 Å². The van der Waals surface area contributed by atoms with Gasteiger partial charge < -0.3 is 14.8 Å². The SMILES string of the molecule is C1CC(NC[C@H]2C[C@H]3CC[C@@H]2O3)CO1. The maximum Gasteiger partial charge on any atom is 0.0621 e. The predicted molar refractivity (Wildman–Crippen MR) is 53.2 cm³/mol. The van der Waals surface area contributed by atoms with Crippen molar-refractivity contribution in [1.82, 2.24) is 5.32 Å². The van der Waals surface area contributed by atoms with E-state index in [-0.39, 0.29) is 0 Å². The van der Waals surface area contributed by atoms with E-state index in [1.54, 1.807) is 0 Å². The first kappa shape index (κ1) is 9.13. The molecule has 3 aliphatic rings. The summed E-state index contributed by atoms with van der Waals surface area (Å²) < 4.78 is 11.2. The van der Waals surface area contributed by atoms with Crippen LogP contribution in [0.25, 0.3) is 0 Å². The number of fused-ring (bicyclic) bond motifs is 2. The molecule has 0 radical (unpaired) electrons. The number of nitrogens with one attached hydrogen (secondary N) is 1. The topological polar surface area (TPSA) is 30.5 Å². The fraction of sp³-hybridized carbons (Fsp3) is 1.00. The van der Waals surface area contributed by atoms with Crippen LogP contribution in [0.1, 0.15) is 25.7 Å². The first-order chi connectivity index (χ1) is 6.92. The lowest BCUT2D eigenvalue weighted by Gasteiger charge is -2.20. The largest absolute Gasteiger partial charge is 0.380 e. The van der Waals surface area contributed by atoms with Crippen molar-refractivity contribution in [1.29, 1.82) is 0 Å². The summed E-state index contributed by atoms with van der Waals surface area (Å²) in [5.41, 5.74) is 0. The zero-order valence-electron chi connectivity index (χ0n) is 8.58. The Morgan fingerprint density at radius 2 is 2.21 bits per heavy atom. The lowest BCUT2D eigenvalue weighted by Crippen LogP contribution is -2.36. The predicted octanol–water partition coefficient (Wildman–Crippen LogP) is 0.932. The molecule has 3 heteroatoms. The monoisotopic (exact) mass is 197 g/mol. The van der Waals surface area contributed by atoms with Crippen LogP contribution in [-0.2, 0) is 9.47 Å². The quantitative estimate of drug-likeness (QED) is 0.730. The molecule has 0 aromatic rings. The second-order valence-corrected chi connectivity index (χ2v) is 4.84. The van der Waals surface area contributed by atoms with Crippen LogP contribution in [0.2, 0.25) is 0 Å². The van der Waals surface area contributed by atoms with Crippen molar-refractivity contribution < 1.29 is 9.47 Å². The molecule has 3 nitrogen and oxygen atoms in total. The second kappa shape index (κ2) is 3.80. The summed E-state index contributed by atoms with van der Waals surface area (Å²) in [6.45, 7) is 2.97. The number of ether oxygens (including phenoxy) is 2. The third-order valence-corrected chi connectivity index (χ3v) is 3.83. The molecule has 0 spiro atoms. The van der Waals surface area contributed by atoms with E-state index in [1.165, 1.54) is 25.7 Å². The van der Waals surface area contributed by atoms with E-state index in [2.05, 4.69) is 5.32 Å². The number of hydrogen-bond acceptors (Lipinski definition) is 3. The summed E-state index contributed by atoms with van der Waals surface area (Å²) in [6, 6.07) is 0.606. The Morgan fingerprint density at radius 3 is 2.86 bits per heavy atom. The minimum atomic E-state index is 0.565. The highest BCUT2D eigenvalue weighted by molar-refractivity contribution is 4.91. The molecular weight excluding hydrogens is 178 g/mol. The van der Waals surface area contributed by atoms with Gasteiger partial charge in [-0.3, -0.25) is 0 Å². The first-order valence-corrected chi connectivity index (χ1v) is 5.88. The molecule has 3 aliphatic heterocycles. The maximum absolute atomic E-state index is 5.83. The van der Waals surface area contributed by atoms with Crippen LogP contribution in [0.3, 0.4) is 0 Å². The fourth-order valence-corrected chi connectivity index (χ4v) is 2.97. The molecule has 4 atom stereocenters. The third-order valence-electron chi connectivity index (χ3n) is 3.83. The molecule has 0 aromatic heterocycles. The van der Waals surface area contributed by atoms with Gasteiger partial charge >= 0.3 is 0 Å². The highest BCUT2D eigenvalue weighted by Crippen LogP contribution is 2.38. The van der Waals surface area contributed by atoms with E-state index in [9.17, 15) is 0 Å². The first-order valence-electron chi connectivity index (χ1n) is 5.88. The Morgan fingerprint density at radius 1 is 1.21 bits per heavy atom. The summed E-state index contributed by atoms with van der Waals surface area (Å²) >= 11 is 0. The fourth-order valence-electron chi connectivity index (χ4n) is 2.97. The molecule has 0 aliphatic carbocycles. The van der Waals surface area contributed by atoms with Crippen molar-refractivity contribution in [2.24, 2.45) is 5.92 Å². The summed E-state index contributed by atoms with van der Waals surface area (Å²) in [4.78, 5) is 0. The Kier molecular flexibility index (Phi) is 2.48. The van der Waals surface area contributed by atoms with Crippen LogP contribution in [0.4, 0.5) is 0 Å². The normalized spacial score (nSPS) is 46.3. The lowest BCUT2D eigenvalue weighted by molar-refractivity contribution is 0.0917. The van der Waals surface area contributed by atoms with Gasteiger partial charge in [0, 0.05) is 25.1 Å². The molecule has 14 heavy (non-hydrogen) atoms. The molecule has 3 saturated heterocycles. The van der Waals surface area contributed by atoms with Crippen molar-refractivity contribution in [2.75, 3.05) is 19.8 Å². The maximum atomic E-state index is 5.83. The molecule has 2 bridgehead atoms. The Bertz CT molecular complexity index is 203. The molecule has 3 rings (SSSR count). The van der Waals surface area contributed by atoms with Crippen LogP contribution in [-0.4, -0.2) is 38.0 Å². The van der Waals surface area contributed by atoms with Gasteiger partial charge in [-0.2, -0.15) is 0 Å². The highest BCUT2D eigenvalue weighted by Gasteiger charge is 2.40. The summed E-state index contributed by atoms with van der Waals surface area (Å²) in [5.74, 6) is 0.773. The summed E-state index contributed by atoms with van der Waals surface area (Å²) in [6.07, 6.45) is 6.21. The van der Waals surface area contributed by atoms with Crippen LogP contribution in [0.15, 0.2) is 0 Å². The standard InChI is InChI=1S/C11H19NO2/c1-2-11-8(5-10(1)14-11)6-12-9-3-4-13-7-9/h8-12H,1-7H2/t8-,9?,10-,11+/m1/s1. The van der Waals surface area contributed by atoms with Crippen molar-refractivity contribution in [3.63, 3.8) is 0 Å². The Balaban J connectivity index is 1.44. The number of rotatable bonds is 3. The van der Waals surface area contributed by atoms with Gasteiger partial charge in [-0.05, 0) is 25.7 Å². The van der Waals surface area contributed by atoms with E-state index in [4.69, 9.17) is 9.47 Å². The van der Waals surface area contributed by atoms with Gasteiger partial charge in [-0.25, -0.2) is 0 Å². The van der Waals surface area contributed by atoms with E-state index in [0.717, 1.165) is 25.7 Å². The second-order valence-electron chi connectivity index (χ2n) is 4.84. The van der Waals surface area contributed by atoms with Crippen molar-refractivity contribution in [2.45, 2.75) is 43.9 Å². The van der Waals surface area contributed by atoms with Crippen molar-refractivity contribution >= 4 is 0 Å². The minimum Gasteiger partial charge on any atom is -0.380 e. The highest BCUT2D eigenvalue weighted by atomic mass is 16.5. The minimum absolute atomic E-state index is 0.565. The van der Waals surface area contributed by atoms with E-state index in [0.29, 0.717) is 18.2 Å². The molecule has 0 aromatic carbocycles. The van der Waals surface area contributed by atoms with E-state index >= 15 is 0 Å². The van der Waals surface area contributed by atoms with Gasteiger partial charge in [-0.15, -0.1) is 0 Å². The van der Waals surface area contributed by atoms with Gasteiger partial charge in [0.05, 0.1) is 18.8 Å². The Hall–Kier alpha value is -0.120. The zero-order valence-corrected chi connectivity index (χ0v) is 8.58. The molecule has 80 valence electrons. The summed E-state index contributed by atoms with van der Waals surface area (Å²) in [5, 5.41) is 3.60. The molecule has 0 amide bonds. The molecule has 3 fully saturated rings. The smallest absolute Gasteiger partial charge is 0.0621 e. The van der Waals surface area contributed by atoms with Crippen LogP contribution >= 0.6 is 0 Å². The van der Waals surface area contributed by atoms with E-state index < -0.39 is 0 Å². The molecule has 1 unspecified atom stereocenters. The lowest BCUT2D eigenvalue weighted by atomic mass is 9.89. The van der Waals surface area contributed by atoms with Crippen LogP contribution < -0.4 is 5.32 Å². The van der Waals surface area contributed by atoms with Gasteiger partial charge in [-0.1, -0.05) is 0 Å². The third kappa shape index (κ3) is 1.69. The van der Waals surface area contributed by atoms with Crippen molar-refractivity contribution in [3.8, 4) is 0 Å². The average molecular weight is 197 g/mol. The molecular formula is C11H19NO2. The Labute approximate surface area is 85.1 Å². The van der Waals surface area contributed by atoms with Gasteiger partial charge in [0.1, 0.15) is 0 Å². The van der Waals surface area contributed by atoms with Gasteiger partial charge in [0.2, 0.25) is 0 Å². The molecule has 1 N–H and O–H groups in total. The zero-order chi connectivity index (χ0) is 9.38. The van der Waals surface area contributed by atoms with Crippen molar-refractivity contribution in [3.05, 3.63) is 0 Å². The van der Waals surface area contributed by atoms with Gasteiger partial charge in [0.15, 0.2) is 0 Å². The molecule has 3 heterocycles. The van der Waals surface area contributed by atoms with Gasteiger partial charge in [0.25, 0.3) is 0 Å². The van der Waals surface area contributed by atoms with E-state index in [1.807, 2.05) is 0 Å². The van der Waals surface area contributed by atoms with Crippen LogP contribution in [0, 0.1) is 5.92 Å². The average Bonchev–Trinajstić information content (AvgIpc) is 2.91. The molecule has 0 saturated carbocycles. The number of hydrogen-bond donors (Lipinski definition) is 1. The summed E-state index contributed by atoms with van der Waals surface area (Å²) in [7, 11) is 0.